The summed E-state index contributed by atoms with van der Waals surface area (Å²) in [6, 6.07) is 0. The second kappa shape index (κ2) is 47.6. The minimum Gasteiger partial charge on any atom is -0.462 e. The van der Waals surface area contributed by atoms with Gasteiger partial charge in [-0.1, -0.05) is 231 Å². The van der Waals surface area contributed by atoms with Crippen molar-refractivity contribution in [2.24, 2.45) is 0 Å². The van der Waals surface area contributed by atoms with Crippen molar-refractivity contribution in [2.45, 2.75) is 277 Å². The van der Waals surface area contributed by atoms with E-state index >= 15 is 0 Å². The first kappa shape index (κ1) is 55.9. The number of carbonyl (C=O) groups excluding carboxylic acids is 3. The van der Waals surface area contributed by atoms with Crippen LogP contribution in [0.4, 0.5) is 0 Å². The Morgan fingerprint density at radius 2 is 0.638 bits per heavy atom. The molecule has 0 radical (unpaired) electrons. The fourth-order valence-electron chi connectivity index (χ4n) is 7.34. The second-order valence-electron chi connectivity index (χ2n) is 17.1. The number of allylic oxidation sites excluding steroid dienone is 4. The quantitative estimate of drug-likeness (QED) is 0.0263. The number of unbranched alkanes of at least 4 members (excludes halogenated alkanes) is 31. The fourth-order valence-corrected chi connectivity index (χ4v) is 7.34. The molecule has 0 fully saturated rings. The average molecular weight is 817 g/mol. The van der Waals surface area contributed by atoms with Crippen LogP contribution in [0.25, 0.3) is 0 Å². The molecule has 0 aliphatic rings. The third-order valence-corrected chi connectivity index (χ3v) is 11.2. The molecule has 0 aromatic rings. The zero-order valence-electron chi connectivity index (χ0n) is 38.8. The Morgan fingerprint density at radius 1 is 0.345 bits per heavy atom. The highest BCUT2D eigenvalue weighted by molar-refractivity contribution is 5.71. The molecule has 6 heteroatoms. The molecule has 58 heavy (non-hydrogen) atoms. The molecule has 0 bridgehead atoms. The zero-order chi connectivity index (χ0) is 42.3. The van der Waals surface area contributed by atoms with Gasteiger partial charge in [0, 0.05) is 19.3 Å². The van der Waals surface area contributed by atoms with Gasteiger partial charge in [0.15, 0.2) is 6.10 Å². The van der Waals surface area contributed by atoms with E-state index in [1.165, 1.54) is 148 Å². The second-order valence-corrected chi connectivity index (χ2v) is 17.1. The SMILES string of the molecule is CCCC/C=C\C/C=C\CCCCCCCC(=O)OC(COC(=O)CCCCCCCCC)COC(=O)CCCCCCCCCCCCCCCCCCCCC. The van der Waals surface area contributed by atoms with Crippen LogP contribution in [0.5, 0.6) is 0 Å². The lowest BCUT2D eigenvalue weighted by Gasteiger charge is -2.18. The van der Waals surface area contributed by atoms with Gasteiger partial charge in [0.1, 0.15) is 13.2 Å². The maximum Gasteiger partial charge on any atom is 0.306 e. The Balaban J connectivity index is 4.21. The van der Waals surface area contributed by atoms with Gasteiger partial charge in [0.25, 0.3) is 0 Å². The highest BCUT2D eigenvalue weighted by atomic mass is 16.6. The molecule has 6 nitrogen and oxygen atoms in total. The summed E-state index contributed by atoms with van der Waals surface area (Å²) in [5.41, 5.74) is 0. The van der Waals surface area contributed by atoms with E-state index in [1.807, 2.05) is 0 Å². The smallest absolute Gasteiger partial charge is 0.306 e. The molecule has 0 aliphatic carbocycles. The standard InChI is InChI=1S/C52H96O6/c1-4-7-10-13-16-18-20-22-24-25-26-27-28-30-31-33-36-39-42-45-51(54)57-48-49(47-56-50(53)44-41-38-35-15-12-9-6-3)58-52(55)46-43-40-37-34-32-29-23-21-19-17-14-11-8-5-2/h14,17,21,23,49H,4-13,15-16,18-20,22,24-48H2,1-3H3/b17-14-,23-21-. The van der Waals surface area contributed by atoms with Gasteiger partial charge in [0.05, 0.1) is 0 Å². The number of hydrogen-bond donors (Lipinski definition) is 0. The minimum atomic E-state index is -0.771. The van der Waals surface area contributed by atoms with Crippen molar-refractivity contribution in [1.29, 1.82) is 0 Å². The topological polar surface area (TPSA) is 78.9 Å². The van der Waals surface area contributed by atoms with Gasteiger partial charge in [-0.2, -0.15) is 0 Å². The third-order valence-electron chi connectivity index (χ3n) is 11.2. The van der Waals surface area contributed by atoms with Crippen LogP contribution >= 0.6 is 0 Å². The monoisotopic (exact) mass is 817 g/mol. The fraction of sp³-hybridized carbons (Fsp3) is 0.865. The highest BCUT2D eigenvalue weighted by Gasteiger charge is 2.19. The number of rotatable bonds is 46. The number of ether oxygens (including phenoxy) is 3. The lowest BCUT2D eigenvalue weighted by Crippen LogP contribution is -2.30. The van der Waals surface area contributed by atoms with Gasteiger partial charge < -0.3 is 14.2 Å². The molecule has 0 heterocycles. The first-order chi connectivity index (χ1) is 28.5. The predicted octanol–water partition coefficient (Wildman–Crippen LogP) is 16.4. The largest absolute Gasteiger partial charge is 0.462 e. The number of esters is 3. The van der Waals surface area contributed by atoms with Crippen LogP contribution < -0.4 is 0 Å². The van der Waals surface area contributed by atoms with Gasteiger partial charge in [0.2, 0.25) is 0 Å². The molecule has 340 valence electrons. The molecule has 0 rings (SSSR count). The molecule has 0 aromatic carbocycles. The molecule has 1 unspecified atom stereocenters. The van der Waals surface area contributed by atoms with Crippen molar-refractivity contribution in [2.75, 3.05) is 13.2 Å². The molecule has 0 saturated carbocycles. The van der Waals surface area contributed by atoms with E-state index in [1.54, 1.807) is 0 Å². The van der Waals surface area contributed by atoms with Crippen molar-refractivity contribution in [1.82, 2.24) is 0 Å². The Labute approximate surface area is 360 Å². The van der Waals surface area contributed by atoms with Gasteiger partial charge in [-0.15, -0.1) is 0 Å². The normalized spacial score (nSPS) is 12.1. The number of carbonyl (C=O) groups is 3. The maximum absolute atomic E-state index is 12.7. The predicted molar refractivity (Wildman–Crippen MR) is 247 cm³/mol. The zero-order valence-corrected chi connectivity index (χ0v) is 38.8. The summed E-state index contributed by atoms with van der Waals surface area (Å²) in [5.74, 6) is -0.882. The van der Waals surface area contributed by atoms with Crippen LogP contribution in [0.2, 0.25) is 0 Å². The summed E-state index contributed by atoms with van der Waals surface area (Å²) in [6.45, 7) is 6.57. The molecule has 0 aromatic heterocycles. The van der Waals surface area contributed by atoms with Crippen molar-refractivity contribution in [3.63, 3.8) is 0 Å². The van der Waals surface area contributed by atoms with Crippen LogP contribution in [-0.2, 0) is 28.6 Å². The molecule has 0 aliphatic heterocycles. The summed E-state index contributed by atoms with van der Waals surface area (Å²) in [6.07, 6.45) is 53.2. The molecule has 0 saturated heterocycles. The first-order valence-electron chi connectivity index (χ1n) is 25.3. The van der Waals surface area contributed by atoms with Crippen LogP contribution in [0.3, 0.4) is 0 Å². The molecular weight excluding hydrogens is 721 g/mol. The molecule has 0 spiro atoms. The van der Waals surface area contributed by atoms with E-state index in [4.69, 9.17) is 14.2 Å². The van der Waals surface area contributed by atoms with Crippen LogP contribution in [0.15, 0.2) is 24.3 Å². The van der Waals surface area contributed by atoms with E-state index in [2.05, 4.69) is 45.1 Å². The summed E-state index contributed by atoms with van der Waals surface area (Å²) < 4.78 is 16.7. The lowest BCUT2D eigenvalue weighted by molar-refractivity contribution is -0.167. The van der Waals surface area contributed by atoms with Crippen molar-refractivity contribution >= 4 is 17.9 Å². The summed E-state index contributed by atoms with van der Waals surface area (Å²) in [7, 11) is 0. The Morgan fingerprint density at radius 3 is 1.00 bits per heavy atom. The van der Waals surface area contributed by atoms with Crippen LogP contribution in [0.1, 0.15) is 271 Å². The van der Waals surface area contributed by atoms with Crippen LogP contribution in [-0.4, -0.2) is 37.2 Å². The van der Waals surface area contributed by atoms with E-state index in [0.717, 1.165) is 83.5 Å². The number of hydrogen-bond acceptors (Lipinski definition) is 6. The van der Waals surface area contributed by atoms with Crippen molar-refractivity contribution < 1.29 is 28.6 Å². The highest BCUT2D eigenvalue weighted by Crippen LogP contribution is 2.16. The minimum absolute atomic E-state index is 0.0730. The van der Waals surface area contributed by atoms with E-state index in [0.29, 0.717) is 19.3 Å². The summed E-state index contributed by atoms with van der Waals surface area (Å²) in [4.78, 5) is 37.7. The van der Waals surface area contributed by atoms with Gasteiger partial charge in [-0.3, -0.25) is 14.4 Å². The Bertz CT molecular complexity index is 942. The van der Waals surface area contributed by atoms with E-state index < -0.39 is 6.10 Å². The van der Waals surface area contributed by atoms with Gasteiger partial charge in [-0.25, -0.2) is 0 Å². The van der Waals surface area contributed by atoms with Crippen molar-refractivity contribution in [3.8, 4) is 0 Å². The Kier molecular flexibility index (Phi) is 45.8. The van der Waals surface area contributed by atoms with Gasteiger partial charge in [-0.05, 0) is 44.9 Å². The van der Waals surface area contributed by atoms with Crippen molar-refractivity contribution in [3.05, 3.63) is 24.3 Å². The third kappa shape index (κ3) is 45.0. The molecule has 1 atom stereocenters. The Hall–Kier alpha value is -2.11. The average Bonchev–Trinajstić information content (AvgIpc) is 3.22. The van der Waals surface area contributed by atoms with Gasteiger partial charge >= 0.3 is 17.9 Å². The molecule has 0 N–H and O–H groups in total. The summed E-state index contributed by atoms with van der Waals surface area (Å²) >= 11 is 0. The van der Waals surface area contributed by atoms with E-state index in [-0.39, 0.29) is 31.1 Å². The molecule has 0 amide bonds. The summed E-state index contributed by atoms with van der Waals surface area (Å²) in [5, 5.41) is 0. The first-order valence-corrected chi connectivity index (χ1v) is 25.3. The van der Waals surface area contributed by atoms with E-state index in [9.17, 15) is 14.4 Å². The molecular formula is C52H96O6. The lowest BCUT2D eigenvalue weighted by atomic mass is 10.0. The van der Waals surface area contributed by atoms with Crippen LogP contribution in [0, 0.1) is 0 Å². The maximum atomic E-state index is 12.7.